The van der Waals surface area contributed by atoms with Crippen LogP contribution in [0.2, 0.25) is 0 Å². The fourth-order valence-corrected chi connectivity index (χ4v) is 2.76. The minimum atomic E-state index is -0.361. The van der Waals surface area contributed by atoms with Crippen LogP contribution >= 0.6 is 0 Å². The first-order valence-electron chi connectivity index (χ1n) is 9.03. The summed E-state index contributed by atoms with van der Waals surface area (Å²) in [6.07, 6.45) is 0. The molecule has 146 valence electrons. The lowest BCUT2D eigenvalue weighted by Crippen LogP contribution is -2.27. The van der Waals surface area contributed by atoms with Crippen molar-refractivity contribution < 1.29 is 9.53 Å². The first kappa shape index (κ1) is 18.5. The molecule has 0 saturated heterocycles. The number of carbonyl (C=O) groups is 1. The number of nitrogens with zero attached hydrogens (tertiary/aromatic N) is 4. The third-order valence-corrected chi connectivity index (χ3v) is 4.16. The Morgan fingerprint density at radius 1 is 1.03 bits per heavy atom. The number of nitrogens with one attached hydrogen (secondary N) is 3. The number of H-pyrrole nitrogens is 1. The topological polar surface area (TPSA) is 118 Å². The summed E-state index contributed by atoms with van der Waals surface area (Å²) >= 11 is 0. The van der Waals surface area contributed by atoms with Crippen molar-refractivity contribution in [2.75, 3.05) is 25.6 Å². The van der Waals surface area contributed by atoms with Crippen molar-refractivity contribution in [3.05, 3.63) is 60.4 Å². The van der Waals surface area contributed by atoms with E-state index in [0.717, 1.165) is 16.5 Å². The first-order chi connectivity index (χ1) is 14.2. The van der Waals surface area contributed by atoms with Gasteiger partial charge >= 0.3 is 0 Å². The smallest absolute Gasteiger partial charge is 0.288 e. The molecule has 0 saturated carbocycles. The fraction of sp³-hybridized carbons (Fsp3) is 0.150. The number of anilines is 2. The highest BCUT2D eigenvalue weighted by atomic mass is 16.5. The molecule has 0 radical (unpaired) electrons. The van der Waals surface area contributed by atoms with Gasteiger partial charge in [0.15, 0.2) is 5.82 Å². The van der Waals surface area contributed by atoms with Crippen molar-refractivity contribution in [3.63, 3.8) is 0 Å². The van der Waals surface area contributed by atoms with Crippen LogP contribution in [0.5, 0.6) is 0 Å². The highest BCUT2D eigenvalue weighted by Gasteiger charge is 2.14. The third-order valence-electron chi connectivity index (χ3n) is 4.16. The van der Waals surface area contributed by atoms with Crippen LogP contribution in [0.4, 0.5) is 11.8 Å². The van der Waals surface area contributed by atoms with E-state index in [1.54, 1.807) is 7.11 Å². The molecule has 0 spiro atoms. The highest BCUT2D eigenvalue weighted by molar-refractivity contribution is 5.93. The molecule has 0 aliphatic heterocycles. The summed E-state index contributed by atoms with van der Waals surface area (Å²) in [5, 5.41) is 13.3. The Labute approximate surface area is 166 Å². The van der Waals surface area contributed by atoms with Gasteiger partial charge in [-0.2, -0.15) is 4.98 Å². The van der Waals surface area contributed by atoms with E-state index in [0.29, 0.717) is 24.8 Å². The predicted octanol–water partition coefficient (Wildman–Crippen LogP) is 2.53. The Morgan fingerprint density at radius 2 is 1.83 bits per heavy atom. The second kappa shape index (κ2) is 8.44. The van der Waals surface area contributed by atoms with E-state index < -0.39 is 0 Å². The van der Waals surface area contributed by atoms with Crippen LogP contribution in [0.3, 0.4) is 0 Å². The number of amides is 1. The highest BCUT2D eigenvalue weighted by Crippen LogP contribution is 2.26. The van der Waals surface area contributed by atoms with Crippen molar-refractivity contribution in [2.24, 2.45) is 0 Å². The van der Waals surface area contributed by atoms with E-state index in [1.807, 2.05) is 54.6 Å². The van der Waals surface area contributed by atoms with E-state index >= 15 is 0 Å². The number of methoxy groups -OCH3 is 1. The van der Waals surface area contributed by atoms with Crippen molar-refractivity contribution >= 4 is 28.6 Å². The molecule has 0 atom stereocenters. The molecule has 2 aromatic heterocycles. The van der Waals surface area contributed by atoms with Crippen molar-refractivity contribution in [3.8, 4) is 11.4 Å². The van der Waals surface area contributed by atoms with Gasteiger partial charge in [-0.25, -0.2) is 9.97 Å². The number of benzene rings is 2. The summed E-state index contributed by atoms with van der Waals surface area (Å²) in [7, 11) is 1.57. The minimum Gasteiger partial charge on any atom is -0.383 e. The Bertz CT molecular complexity index is 1130. The summed E-state index contributed by atoms with van der Waals surface area (Å²) in [5.74, 6) is 1.12. The van der Waals surface area contributed by atoms with Crippen molar-refractivity contribution in [1.82, 2.24) is 30.5 Å². The monoisotopic (exact) mass is 389 g/mol. The Kier molecular flexibility index (Phi) is 5.39. The molecule has 4 aromatic rings. The number of rotatable bonds is 7. The van der Waals surface area contributed by atoms with Gasteiger partial charge in [0, 0.05) is 24.6 Å². The molecule has 0 aliphatic rings. The maximum Gasteiger partial charge on any atom is 0.288 e. The summed E-state index contributed by atoms with van der Waals surface area (Å²) in [5.41, 5.74) is 1.69. The van der Waals surface area contributed by atoms with E-state index in [9.17, 15) is 4.79 Å². The lowest BCUT2D eigenvalue weighted by Gasteiger charge is -2.08. The van der Waals surface area contributed by atoms with E-state index in [-0.39, 0.29) is 17.7 Å². The molecule has 9 nitrogen and oxygen atoms in total. The fourth-order valence-electron chi connectivity index (χ4n) is 2.76. The number of aromatic nitrogens is 5. The number of carbonyl (C=O) groups excluding carboxylic acids is 1. The molecule has 2 heterocycles. The average Bonchev–Trinajstić information content (AvgIpc) is 3.23. The number of aromatic amines is 1. The van der Waals surface area contributed by atoms with E-state index in [2.05, 4.69) is 35.8 Å². The molecule has 9 heteroatoms. The molecule has 29 heavy (non-hydrogen) atoms. The van der Waals surface area contributed by atoms with Crippen molar-refractivity contribution in [1.29, 1.82) is 0 Å². The van der Waals surface area contributed by atoms with Gasteiger partial charge in [-0.3, -0.25) is 9.89 Å². The van der Waals surface area contributed by atoms with Gasteiger partial charge in [-0.05, 0) is 12.1 Å². The van der Waals surface area contributed by atoms with Gasteiger partial charge in [-0.15, -0.1) is 5.10 Å². The molecule has 1 amide bonds. The zero-order valence-electron chi connectivity index (χ0n) is 15.7. The van der Waals surface area contributed by atoms with Gasteiger partial charge in [0.25, 0.3) is 5.91 Å². The molecular formula is C20H19N7O2. The van der Waals surface area contributed by atoms with Crippen LogP contribution < -0.4 is 10.6 Å². The zero-order valence-corrected chi connectivity index (χ0v) is 15.7. The molecular weight excluding hydrogens is 370 g/mol. The van der Waals surface area contributed by atoms with Gasteiger partial charge in [0.05, 0.1) is 12.1 Å². The lowest BCUT2D eigenvalue weighted by atomic mass is 10.2. The quantitative estimate of drug-likeness (QED) is 0.416. The maximum atomic E-state index is 12.1. The van der Waals surface area contributed by atoms with Crippen molar-refractivity contribution in [2.45, 2.75) is 0 Å². The Balaban J connectivity index is 1.63. The van der Waals surface area contributed by atoms with E-state index in [4.69, 9.17) is 4.74 Å². The van der Waals surface area contributed by atoms with Gasteiger partial charge in [-0.1, -0.05) is 42.5 Å². The molecule has 0 bridgehead atoms. The minimum absolute atomic E-state index is 0.102. The Morgan fingerprint density at radius 3 is 2.66 bits per heavy atom. The Hall–Kier alpha value is -3.85. The molecule has 0 aliphatic carbocycles. The summed E-state index contributed by atoms with van der Waals surface area (Å²) in [4.78, 5) is 25.6. The number of hydrogen-bond acceptors (Lipinski definition) is 7. The normalized spacial score (nSPS) is 10.8. The SMILES string of the molecule is COCCNC(=O)c1nc(Nc2nc(-c3ccccc3)nc3ccccc23)n[nH]1. The summed E-state index contributed by atoms with van der Waals surface area (Å²) < 4.78 is 4.91. The van der Waals surface area contributed by atoms with Crippen LogP contribution in [0.25, 0.3) is 22.3 Å². The van der Waals surface area contributed by atoms with Gasteiger partial charge in [0.2, 0.25) is 11.8 Å². The standard InChI is InChI=1S/C20H19N7O2/c1-29-12-11-21-19(28)18-25-20(27-26-18)24-17-14-9-5-6-10-15(14)22-16(23-17)13-7-3-2-4-8-13/h2-10H,11-12H2,1H3,(H,21,28)(H2,22,23,24,25,26,27). The zero-order chi connectivity index (χ0) is 20.1. The number of fused-ring (bicyclic) bond motifs is 1. The number of para-hydroxylation sites is 1. The lowest BCUT2D eigenvalue weighted by molar-refractivity contribution is 0.0927. The largest absolute Gasteiger partial charge is 0.383 e. The molecule has 4 rings (SSSR count). The van der Waals surface area contributed by atoms with Crippen LogP contribution in [0.15, 0.2) is 54.6 Å². The number of hydrogen-bond donors (Lipinski definition) is 3. The van der Waals surface area contributed by atoms with Crippen LogP contribution in [-0.2, 0) is 4.74 Å². The number of ether oxygens (including phenoxy) is 1. The second-order valence-corrected chi connectivity index (χ2v) is 6.16. The molecule has 3 N–H and O–H groups in total. The third kappa shape index (κ3) is 4.19. The summed E-state index contributed by atoms with van der Waals surface area (Å²) in [6.45, 7) is 0.802. The van der Waals surface area contributed by atoms with Gasteiger partial charge < -0.3 is 15.4 Å². The van der Waals surface area contributed by atoms with Crippen LogP contribution in [0, 0.1) is 0 Å². The summed E-state index contributed by atoms with van der Waals surface area (Å²) in [6, 6.07) is 17.4. The van der Waals surface area contributed by atoms with Crippen LogP contribution in [-0.4, -0.2) is 51.3 Å². The molecule has 2 aromatic carbocycles. The predicted molar refractivity (Wildman–Crippen MR) is 109 cm³/mol. The first-order valence-corrected chi connectivity index (χ1v) is 9.03. The van der Waals surface area contributed by atoms with Gasteiger partial charge in [0.1, 0.15) is 5.82 Å². The molecule has 0 unspecified atom stereocenters. The average molecular weight is 389 g/mol. The van der Waals surface area contributed by atoms with Crippen LogP contribution in [0.1, 0.15) is 10.6 Å². The molecule has 0 fully saturated rings. The van der Waals surface area contributed by atoms with E-state index in [1.165, 1.54) is 0 Å². The second-order valence-electron chi connectivity index (χ2n) is 6.16. The maximum absolute atomic E-state index is 12.1.